The zero-order chi connectivity index (χ0) is 12.1. The zero-order valence-electron chi connectivity index (χ0n) is 9.81. The van der Waals surface area contributed by atoms with Gasteiger partial charge in [0.1, 0.15) is 13.2 Å². The Morgan fingerprint density at radius 2 is 2.12 bits per heavy atom. The molecule has 0 spiro atoms. The molecule has 1 heterocycles. The van der Waals surface area contributed by atoms with Crippen molar-refractivity contribution in [3.05, 3.63) is 23.8 Å². The van der Waals surface area contributed by atoms with E-state index in [0.717, 1.165) is 11.3 Å². The summed E-state index contributed by atoms with van der Waals surface area (Å²) in [5.41, 5.74) is 3.47. The molecule has 1 aromatic carbocycles. The van der Waals surface area contributed by atoms with Gasteiger partial charge in [0.2, 0.25) is 0 Å². The second-order valence-electron chi connectivity index (χ2n) is 3.70. The minimum Gasteiger partial charge on any atom is -0.486 e. The average Bonchev–Trinajstić information content (AvgIpc) is 2.38. The van der Waals surface area contributed by atoms with Crippen LogP contribution in [0.2, 0.25) is 0 Å². The van der Waals surface area contributed by atoms with E-state index in [1.807, 2.05) is 19.1 Å². The number of nitrogens with one attached hydrogen (secondary N) is 1. The lowest BCUT2D eigenvalue weighted by Crippen LogP contribution is -2.22. The molecule has 0 aromatic heterocycles. The van der Waals surface area contributed by atoms with Crippen molar-refractivity contribution in [2.75, 3.05) is 26.4 Å². The molecular weight excluding hydrogens is 222 g/mol. The predicted octanol–water partition coefficient (Wildman–Crippen LogP) is 1.03. The highest BCUT2D eigenvalue weighted by atomic mass is 16.6. The van der Waals surface area contributed by atoms with Gasteiger partial charge in [-0.05, 0) is 24.6 Å². The quantitative estimate of drug-likeness (QED) is 0.593. The van der Waals surface area contributed by atoms with E-state index in [9.17, 15) is 5.11 Å². The van der Waals surface area contributed by atoms with E-state index in [0.29, 0.717) is 32.1 Å². The minimum atomic E-state index is -0.627. The molecule has 0 saturated heterocycles. The van der Waals surface area contributed by atoms with Gasteiger partial charge in [-0.1, -0.05) is 6.07 Å². The molecule has 0 saturated carbocycles. The van der Waals surface area contributed by atoms with E-state index in [2.05, 4.69) is 5.48 Å². The first kappa shape index (κ1) is 12.2. The molecule has 0 fully saturated rings. The minimum absolute atomic E-state index is 0.341. The molecule has 1 aliphatic rings. The second kappa shape index (κ2) is 5.86. The van der Waals surface area contributed by atoms with Crippen LogP contribution in [-0.2, 0) is 4.84 Å². The van der Waals surface area contributed by atoms with Crippen molar-refractivity contribution in [2.24, 2.45) is 0 Å². The first-order chi connectivity index (χ1) is 8.31. The Morgan fingerprint density at radius 1 is 1.35 bits per heavy atom. The molecule has 17 heavy (non-hydrogen) atoms. The van der Waals surface area contributed by atoms with E-state index in [4.69, 9.17) is 14.3 Å². The smallest absolute Gasteiger partial charge is 0.161 e. The molecule has 94 valence electrons. The standard InChI is InChI=1S/C12H17NO4/c1-2-17-13-8-10(14)9-3-4-11-12(7-9)16-6-5-15-11/h3-4,7,10,13-14H,2,5-6,8H2,1H3. The van der Waals surface area contributed by atoms with E-state index in [-0.39, 0.29) is 0 Å². The van der Waals surface area contributed by atoms with Gasteiger partial charge >= 0.3 is 0 Å². The van der Waals surface area contributed by atoms with Crippen molar-refractivity contribution in [1.29, 1.82) is 0 Å². The lowest BCUT2D eigenvalue weighted by Gasteiger charge is -2.20. The summed E-state index contributed by atoms with van der Waals surface area (Å²) in [4.78, 5) is 4.97. The molecule has 1 aromatic rings. The normalized spacial score (nSPS) is 15.6. The van der Waals surface area contributed by atoms with Gasteiger partial charge in [-0.25, -0.2) is 0 Å². The van der Waals surface area contributed by atoms with Crippen LogP contribution >= 0.6 is 0 Å². The summed E-state index contributed by atoms with van der Waals surface area (Å²) in [7, 11) is 0. The van der Waals surface area contributed by atoms with Gasteiger partial charge in [0.05, 0.1) is 19.3 Å². The molecule has 5 heteroatoms. The number of rotatable bonds is 5. The van der Waals surface area contributed by atoms with Gasteiger partial charge in [-0.15, -0.1) is 0 Å². The van der Waals surface area contributed by atoms with Gasteiger partial charge < -0.3 is 19.4 Å². The topological polar surface area (TPSA) is 60.0 Å². The van der Waals surface area contributed by atoms with Crippen LogP contribution in [-0.4, -0.2) is 31.5 Å². The highest BCUT2D eigenvalue weighted by Crippen LogP contribution is 2.32. The average molecular weight is 239 g/mol. The summed E-state index contributed by atoms with van der Waals surface area (Å²) >= 11 is 0. The Bertz CT molecular complexity index is 370. The van der Waals surface area contributed by atoms with Crippen LogP contribution in [0.25, 0.3) is 0 Å². The van der Waals surface area contributed by atoms with Crippen LogP contribution in [0.15, 0.2) is 18.2 Å². The SMILES string of the molecule is CCONCC(O)c1ccc2c(c1)OCCO2. The van der Waals surface area contributed by atoms with E-state index >= 15 is 0 Å². The fourth-order valence-corrected chi connectivity index (χ4v) is 1.62. The van der Waals surface area contributed by atoms with Crippen LogP contribution in [0, 0.1) is 0 Å². The number of hydrogen-bond acceptors (Lipinski definition) is 5. The van der Waals surface area contributed by atoms with E-state index in [1.54, 1.807) is 6.07 Å². The Kier molecular flexibility index (Phi) is 4.19. The Morgan fingerprint density at radius 3 is 2.88 bits per heavy atom. The summed E-state index contributed by atoms with van der Waals surface area (Å²) in [5, 5.41) is 9.91. The Labute approximate surface area is 100 Å². The van der Waals surface area contributed by atoms with Crippen LogP contribution in [0.4, 0.5) is 0 Å². The molecule has 0 aliphatic carbocycles. The van der Waals surface area contributed by atoms with E-state index < -0.39 is 6.10 Å². The molecule has 2 rings (SSSR count). The van der Waals surface area contributed by atoms with Crippen LogP contribution in [0.1, 0.15) is 18.6 Å². The monoisotopic (exact) mass is 239 g/mol. The molecular formula is C12H17NO4. The molecule has 0 radical (unpaired) electrons. The van der Waals surface area contributed by atoms with Crippen molar-refractivity contribution < 1.29 is 19.4 Å². The van der Waals surface area contributed by atoms with Gasteiger partial charge in [0.25, 0.3) is 0 Å². The van der Waals surface area contributed by atoms with Gasteiger partial charge in [-0.3, -0.25) is 0 Å². The highest BCUT2D eigenvalue weighted by molar-refractivity contribution is 5.44. The van der Waals surface area contributed by atoms with Gasteiger partial charge in [0, 0.05) is 0 Å². The van der Waals surface area contributed by atoms with Crippen molar-refractivity contribution in [3.8, 4) is 11.5 Å². The number of fused-ring (bicyclic) bond motifs is 1. The van der Waals surface area contributed by atoms with Crippen LogP contribution in [0.3, 0.4) is 0 Å². The first-order valence-corrected chi connectivity index (χ1v) is 5.73. The molecule has 5 nitrogen and oxygen atoms in total. The van der Waals surface area contributed by atoms with Crippen molar-refractivity contribution in [2.45, 2.75) is 13.0 Å². The maximum Gasteiger partial charge on any atom is 0.161 e. The van der Waals surface area contributed by atoms with Gasteiger partial charge in [-0.2, -0.15) is 5.48 Å². The lowest BCUT2D eigenvalue weighted by molar-refractivity contribution is 0.0208. The molecule has 2 N–H and O–H groups in total. The number of ether oxygens (including phenoxy) is 2. The third kappa shape index (κ3) is 3.09. The van der Waals surface area contributed by atoms with Crippen molar-refractivity contribution in [3.63, 3.8) is 0 Å². The number of aliphatic hydroxyl groups excluding tert-OH is 1. The molecule has 1 unspecified atom stereocenters. The first-order valence-electron chi connectivity index (χ1n) is 5.73. The number of aliphatic hydroxyl groups is 1. The van der Waals surface area contributed by atoms with Crippen molar-refractivity contribution >= 4 is 0 Å². The maximum absolute atomic E-state index is 9.91. The summed E-state index contributed by atoms with van der Waals surface area (Å²) in [5.74, 6) is 1.41. The Hall–Kier alpha value is -1.30. The number of hydroxylamine groups is 1. The van der Waals surface area contributed by atoms with Gasteiger partial charge in [0.15, 0.2) is 11.5 Å². The predicted molar refractivity (Wildman–Crippen MR) is 62.0 cm³/mol. The third-order valence-electron chi connectivity index (χ3n) is 2.47. The highest BCUT2D eigenvalue weighted by Gasteiger charge is 2.15. The third-order valence-corrected chi connectivity index (χ3v) is 2.47. The summed E-state index contributed by atoms with van der Waals surface area (Å²) in [6, 6.07) is 5.44. The fourth-order valence-electron chi connectivity index (χ4n) is 1.62. The molecule has 1 atom stereocenters. The molecule has 0 amide bonds. The lowest BCUT2D eigenvalue weighted by atomic mass is 10.1. The van der Waals surface area contributed by atoms with E-state index in [1.165, 1.54) is 0 Å². The fraction of sp³-hybridized carbons (Fsp3) is 0.500. The van der Waals surface area contributed by atoms with Crippen molar-refractivity contribution in [1.82, 2.24) is 5.48 Å². The van der Waals surface area contributed by atoms with Crippen LogP contribution < -0.4 is 15.0 Å². The molecule has 1 aliphatic heterocycles. The zero-order valence-corrected chi connectivity index (χ0v) is 9.81. The largest absolute Gasteiger partial charge is 0.486 e. The summed E-state index contributed by atoms with van der Waals surface area (Å²) in [6.07, 6.45) is -0.627. The summed E-state index contributed by atoms with van der Waals surface area (Å²) in [6.45, 7) is 3.90. The molecule has 0 bridgehead atoms. The maximum atomic E-state index is 9.91. The number of hydrogen-bond donors (Lipinski definition) is 2. The number of benzene rings is 1. The summed E-state index contributed by atoms with van der Waals surface area (Å²) < 4.78 is 10.9. The second-order valence-corrected chi connectivity index (χ2v) is 3.70. The Balaban J connectivity index is 2.00. The van der Waals surface area contributed by atoms with Crippen LogP contribution in [0.5, 0.6) is 11.5 Å².